The predicted molar refractivity (Wildman–Crippen MR) is 220 cm³/mol. The summed E-state index contributed by atoms with van der Waals surface area (Å²) in [5, 5.41) is 13.9. The third-order valence-corrected chi connectivity index (χ3v) is 10.7. The Kier molecular flexibility index (Phi) is 17.5. The molecule has 10 heteroatoms. The van der Waals surface area contributed by atoms with E-state index in [4.69, 9.17) is 9.47 Å². The maximum absolute atomic E-state index is 13.3. The van der Waals surface area contributed by atoms with E-state index in [0.29, 0.717) is 43.1 Å². The standard InChI is InChI=1S/C44H58N4O5S/c1-6-35-32-36(24-25-41(35)53-43(51)48(29-16-27-46(2)3)30-17-28-47(4)5)40(49)33-52-34-42(50)45-26-31-54-44(37-18-10-7-11-19-37,38-20-12-8-13-21-38)39-22-14-9-15-23-39/h7-15,18-25,32,40,49H,6,16-17,26-31,33-34H2,1-5H3,(H,45,50). The molecule has 4 aromatic carbocycles. The maximum Gasteiger partial charge on any atom is 0.415 e. The van der Waals surface area contributed by atoms with Crippen LogP contribution < -0.4 is 10.1 Å². The highest BCUT2D eigenvalue weighted by Crippen LogP contribution is 2.48. The summed E-state index contributed by atoms with van der Waals surface area (Å²) in [7, 11) is 8.09. The Balaban J connectivity index is 1.30. The first-order valence-corrected chi connectivity index (χ1v) is 19.8. The summed E-state index contributed by atoms with van der Waals surface area (Å²) in [6, 6.07) is 36.7. The van der Waals surface area contributed by atoms with Crippen LogP contribution in [-0.4, -0.2) is 112 Å². The minimum Gasteiger partial charge on any atom is -0.410 e. The van der Waals surface area contributed by atoms with Crippen LogP contribution in [0, 0.1) is 0 Å². The third-order valence-electron chi connectivity index (χ3n) is 9.17. The number of aliphatic hydroxyl groups is 1. The minimum atomic E-state index is -0.944. The molecule has 4 aromatic rings. The highest BCUT2D eigenvalue weighted by atomic mass is 32.2. The number of benzene rings is 4. The normalized spacial score (nSPS) is 12.1. The lowest BCUT2D eigenvalue weighted by atomic mass is 9.84. The van der Waals surface area contributed by atoms with Gasteiger partial charge in [0.2, 0.25) is 5.91 Å². The molecule has 0 heterocycles. The smallest absolute Gasteiger partial charge is 0.410 e. The molecule has 0 aromatic heterocycles. The number of ether oxygens (including phenoxy) is 2. The zero-order valence-electron chi connectivity index (χ0n) is 32.6. The fourth-order valence-electron chi connectivity index (χ4n) is 6.36. The van der Waals surface area contributed by atoms with E-state index in [1.807, 2.05) is 59.4 Å². The lowest BCUT2D eigenvalue weighted by Crippen LogP contribution is -2.37. The van der Waals surface area contributed by atoms with E-state index in [-0.39, 0.29) is 25.2 Å². The van der Waals surface area contributed by atoms with Gasteiger partial charge in [-0.3, -0.25) is 4.79 Å². The molecule has 0 fully saturated rings. The van der Waals surface area contributed by atoms with Crippen LogP contribution >= 0.6 is 11.8 Å². The second-order valence-electron chi connectivity index (χ2n) is 13.9. The first-order chi connectivity index (χ1) is 26.1. The van der Waals surface area contributed by atoms with E-state index in [9.17, 15) is 14.7 Å². The molecular formula is C44H58N4O5S. The van der Waals surface area contributed by atoms with Crippen LogP contribution in [0.1, 0.15) is 53.7 Å². The molecule has 2 amide bonds. The Labute approximate surface area is 326 Å². The number of thioether (sulfide) groups is 1. The zero-order valence-corrected chi connectivity index (χ0v) is 33.4. The zero-order chi connectivity index (χ0) is 38.8. The molecular weight excluding hydrogens is 697 g/mol. The van der Waals surface area contributed by atoms with Gasteiger partial charge in [0.15, 0.2) is 0 Å². The van der Waals surface area contributed by atoms with Crippen LogP contribution in [0.25, 0.3) is 0 Å². The van der Waals surface area contributed by atoms with E-state index < -0.39 is 10.9 Å². The topological polar surface area (TPSA) is 94.6 Å². The van der Waals surface area contributed by atoms with E-state index in [0.717, 1.165) is 31.5 Å². The van der Waals surface area contributed by atoms with Crippen molar-refractivity contribution < 1.29 is 24.2 Å². The van der Waals surface area contributed by atoms with E-state index in [1.54, 1.807) is 28.8 Å². The van der Waals surface area contributed by atoms with Crippen molar-refractivity contribution in [3.8, 4) is 5.75 Å². The van der Waals surface area contributed by atoms with Crippen molar-refractivity contribution >= 4 is 23.8 Å². The van der Waals surface area contributed by atoms with Crippen molar-refractivity contribution in [3.05, 3.63) is 137 Å². The number of carbonyl (C=O) groups is 2. The van der Waals surface area contributed by atoms with Crippen molar-refractivity contribution in [1.29, 1.82) is 0 Å². The van der Waals surface area contributed by atoms with Crippen LogP contribution in [0.2, 0.25) is 0 Å². The van der Waals surface area contributed by atoms with Crippen molar-refractivity contribution in [2.24, 2.45) is 0 Å². The van der Waals surface area contributed by atoms with E-state index in [1.165, 1.54) is 16.7 Å². The molecule has 0 saturated heterocycles. The van der Waals surface area contributed by atoms with Crippen molar-refractivity contribution in [3.63, 3.8) is 0 Å². The second-order valence-corrected chi connectivity index (χ2v) is 15.2. The molecule has 0 spiro atoms. The van der Waals surface area contributed by atoms with Gasteiger partial charge in [0.05, 0.1) is 11.4 Å². The van der Waals surface area contributed by atoms with Gasteiger partial charge in [-0.2, -0.15) is 0 Å². The summed E-state index contributed by atoms with van der Waals surface area (Å²) in [4.78, 5) is 32.1. The Morgan fingerprint density at radius 2 is 1.28 bits per heavy atom. The van der Waals surface area contributed by atoms with Crippen LogP contribution in [0.3, 0.4) is 0 Å². The molecule has 0 bridgehead atoms. The predicted octanol–water partition coefficient (Wildman–Crippen LogP) is 6.84. The van der Waals surface area contributed by atoms with Crippen LogP contribution in [0.4, 0.5) is 4.79 Å². The Bertz CT molecular complexity index is 1580. The first kappa shape index (κ1) is 42.6. The molecule has 290 valence electrons. The molecule has 0 aliphatic carbocycles. The molecule has 2 N–H and O–H groups in total. The maximum atomic E-state index is 13.3. The van der Waals surface area contributed by atoms with Crippen molar-refractivity contribution in [1.82, 2.24) is 20.0 Å². The number of amides is 2. The number of carbonyl (C=O) groups excluding carboxylic acids is 2. The number of nitrogens with one attached hydrogen (secondary N) is 1. The summed E-state index contributed by atoms with van der Waals surface area (Å²) >= 11 is 1.78. The molecule has 1 unspecified atom stereocenters. The molecule has 0 aliphatic rings. The second kappa shape index (κ2) is 22.3. The molecule has 0 radical (unpaired) electrons. The number of hydrogen-bond donors (Lipinski definition) is 2. The van der Waals surface area contributed by atoms with Gasteiger partial charge in [0.25, 0.3) is 0 Å². The number of nitrogens with zero attached hydrogens (tertiary/aromatic N) is 3. The van der Waals surface area contributed by atoms with Gasteiger partial charge in [0, 0.05) is 25.4 Å². The Hall–Kier alpha value is -4.19. The number of aliphatic hydroxyl groups excluding tert-OH is 1. The number of aryl methyl sites for hydroxylation is 1. The quantitative estimate of drug-likeness (QED) is 0.0666. The van der Waals surface area contributed by atoms with Gasteiger partial charge in [-0.15, -0.1) is 11.8 Å². The van der Waals surface area contributed by atoms with Crippen LogP contribution in [0.15, 0.2) is 109 Å². The summed E-state index contributed by atoms with van der Waals surface area (Å²) in [5.74, 6) is 0.899. The van der Waals surface area contributed by atoms with Gasteiger partial charge in [-0.1, -0.05) is 104 Å². The summed E-state index contributed by atoms with van der Waals surface area (Å²) in [6.07, 6.45) is 1.01. The van der Waals surface area contributed by atoms with Gasteiger partial charge in [0.1, 0.15) is 18.5 Å². The van der Waals surface area contributed by atoms with Crippen LogP contribution in [-0.2, 0) is 20.7 Å². The number of rotatable bonds is 22. The highest BCUT2D eigenvalue weighted by Gasteiger charge is 2.36. The molecule has 1 atom stereocenters. The summed E-state index contributed by atoms with van der Waals surface area (Å²) < 4.78 is 11.1. The lowest BCUT2D eigenvalue weighted by Gasteiger charge is -2.35. The van der Waals surface area contributed by atoms with E-state index >= 15 is 0 Å². The molecule has 0 aliphatic heterocycles. The third kappa shape index (κ3) is 12.7. The van der Waals surface area contributed by atoms with Gasteiger partial charge >= 0.3 is 6.09 Å². The lowest BCUT2D eigenvalue weighted by molar-refractivity contribution is -0.126. The first-order valence-electron chi connectivity index (χ1n) is 18.9. The SMILES string of the molecule is CCc1cc(C(O)COCC(=O)NCCSC(c2ccccc2)(c2ccccc2)c2ccccc2)ccc1OC(=O)N(CCCN(C)C)CCCN(C)C. The molecule has 0 saturated carbocycles. The highest BCUT2D eigenvalue weighted by molar-refractivity contribution is 8.00. The largest absolute Gasteiger partial charge is 0.415 e. The van der Waals surface area contributed by atoms with Crippen molar-refractivity contribution in [2.75, 3.05) is 79.9 Å². The van der Waals surface area contributed by atoms with Gasteiger partial charge < -0.3 is 34.6 Å². The van der Waals surface area contributed by atoms with Gasteiger partial charge in [-0.25, -0.2) is 4.79 Å². The van der Waals surface area contributed by atoms with Crippen molar-refractivity contribution in [2.45, 2.75) is 37.0 Å². The fourth-order valence-corrected chi connectivity index (χ4v) is 7.78. The average Bonchev–Trinajstić information content (AvgIpc) is 3.18. The minimum absolute atomic E-state index is 0.0465. The molecule has 9 nitrogen and oxygen atoms in total. The summed E-state index contributed by atoms with van der Waals surface area (Å²) in [6.45, 7) is 5.21. The van der Waals surface area contributed by atoms with Gasteiger partial charge in [-0.05, 0) is 100 Å². The fraction of sp³-hybridized carbons (Fsp3) is 0.409. The monoisotopic (exact) mass is 754 g/mol. The van der Waals surface area contributed by atoms with E-state index in [2.05, 4.69) is 87.9 Å². The van der Waals surface area contributed by atoms with Crippen LogP contribution in [0.5, 0.6) is 5.75 Å². The summed E-state index contributed by atoms with van der Waals surface area (Å²) in [5.41, 5.74) is 4.95. The Morgan fingerprint density at radius 1 is 0.759 bits per heavy atom. The Morgan fingerprint density at radius 3 is 1.76 bits per heavy atom. The number of hydrogen-bond acceptors (Lipinski definition) is 8. The molecule has 4 rings (SSSR count). The molecule has 54 heavy (non-hydrogen) atoms. The average molecular weight is 755 g/mol.